The van der Waals surface area contributed by atoms with Gasteiger partial charge in [-0.05, 0) is 32.0 Å². The minimum Gasteiger partial charge on any atom is -0.507 e. The Morgan fingerprint density at radius 1 is 1.00 bits per heavy atom. The Bertz CT molecular complexity index is 1000. The van der Waals surface area contributed by atoms with E-state index in [4.69, 9.17) is 14.2 Å². The van der Waals surface area contributed by atoms with E-state index >= 15 is 0 Å². The van der Waals surface area contributed by atoms with Gasteiger partial charge in [-0.25, -0.2) is 4.79 Å². The lowest BCUT2D eigenvalue weighted by Crippen LogP contribution is -2.34. The van der Waals surface area contributed by atoms with Crippen molar-refractivity contribution in [1.29, 1.82) is 0 Å². The number of aliphatic hydroxyl groups excluding tert-OH is 1. The number of anilines is 1. The van der Waals surface area contributed by atoms with Gasteiger partial charge in [-0.2, -0.15) is 0 Å². The van der Waals surface area contributed by atoms with E-state index in [1.165, 1.54) is 12.1 Å². The Hall–Kier alpha value is -2.94. The number of rotatable bonds is 7. The molecule has 0 aliphatic carbocycles. The van der Waals surface area contributed by atoms with Crippen molar-refractivity contribution in [2.75, 3.05) is 31.2 Å². The number of nitrogens with zero attached hydrogens (tertiary/aromatic N) is 1. The third-order valence-corrected chi connectivity index (χ3v) is 5.99. The molecule has 8 heteroatoms. The molecule has 8 nitrogen and oxygen atoms in total. The molecule has 2 heterocycles. The van der Waals surface area contributed by atoms with Crippen LogP contribution in [0.4, 0.5) is 5.69 Å². The van der Waals surface area contributed by atoms with Gasteiger partial charge in [0.2, 0.25) is 0 Å². The van der Waals surface area contributed by atoms with E-state index in [-0.39, 0.29) is 35.7 Å². The number of aliphatic hydroxyl groups is 1. The molecule has 2 fully saturated rings. The first-order valence-electron chi connectivity index (χ1n) is 10.8. The van der Waals surface area contributed by atoms with Gasteiger partial charge in [0.05, 0.1) is 24.3 Å². The van der Waals surface area contributed by atoms with Crippen LogP contribution in [0.25, 0.3) is 0 Å². The normalized spacial score (nSPS) is 24.2. The molecule has 2 aromatic rings. The van der Waals surface area contributed by atoms with Gasteiger partial charge in [0.15, 0.2) is 11.9 Å². The molecule has 0 aromatic heterocycles. The Morgan fingerprint density at radius 3 is 2.38 bits per heavy atom. The quantitative estimate of drug-likeness (QED) is 0.498. The number of phenols is 1. The highest BCUT2D eigenvalue weighted by molar-refractivity contribution is 6.15. The third kappa shape index (κ3) is 4.09. The average Bonchev–Trinajstić information content (AvgIpc) is 3.37. The van der Waals surface area contributed by atoms with Crippen molar-refractivity contribution in [3.63, 3.8) is 0 Å². The van der Waals surface area contributed by atoms with Crippen molar-refractivity contribution < 1.29 is 34.0 Å². The number of phenolic OH excluding ortho intramolecular Hbond substituents is 1. The fraction of sp³-hybridized carbons (Fsp3) is 0.417. The molecule has 32 heavy (non-hydrogen) atoms. The summed E-state index contributed by atoms with van der Waals surface area (Å²) in [6.45, 7) is 5.80. The van der Waals surface area contributed by atoms with Gasteiger partial charge < -0.3 is 29.3 Å². The van der Waals surface area contributed by atoms with Crippen LogP contribution in [0, 0.1) is 0 Å². The van der Waals surface area contributed by atoms with Gasteiger partial charge in [-0.15, -0.1) is 0 Å². The van der Waals surface area contributed by atoms with E-state index in [0.717, 1.165) is 18.8 Å². The molecule has 170 valence electrons. The molecule has 2 aromatic carbocycles. The summed E-state index contributed by atoms with van der Waals surface area (Å²) in [4.78, 5) is 28.2. The minimum absolute atomic E-state index is 0.0896. The highest BCUT2D eigenvalue weighted by atomic mass is 16.6. The summed E-state index contributed by atoms with van der Waals surface area (Å²) >= 11 is 0. The molecular weight excluding hydrogens is 414 g/mol. The summed E-state index contributed by atoms with van der Waals surface area (Å²) in [6, 6.07) is 11.2. The minimum atomic E-state index is -0.750. The van der Waals surface area contributed by atoms with Crippen LogP contribution in [0.15, 0.2) is 42.5 Å². The Labute approximate surface area is 186 Å². The molecule has 0 bridgehead atoms. The molecule has 4 rings (SSSR count). The van der Waals surface area contributed by atoms with Crippen LogP contribution in [0.5, 0.6) is 5.75 Å². The highest BCUT2D eigenvalue weighted by Gasteiger charge is 2.49. The lowest BCUT2D eigenvalue weighted by molar-refractivity contribution is -0.0209. The number of aromatic hydroxyl groups is 1. The van der Waals surface area contributed by atoms with Gasteiger partial charge in [0.25, 0.3) is 0 Å². The van der Waals surface area contributed by atoms with Crippen molar-refractivity contribution in [2.24, 2.45) is 0 Å². The summed E-state index contributed by atoms with van der Waals surface area (Å²) in [5, 5.41) is 20.4. The van der Waals surface area contributed by atoms with E-state index < -0.39 is 36.2 Å². The number of hydrogen-bond donors (Lipinski definition) is 2. The van der Waals surface area contributed by atoms with Gasteiger partial charge in [-0.1, -0.05) is 18.2 Å². The first-order chi connectivity index (χ1) is 15.4. The predicted octanol–water partition coefficient (Wildman–Crippen LogP) is 2.15. The zero-order valence-electron chi connectivity index (χ0n) is 18.1. The molecule has 2 N–H and O–H groups in total. The van der Waals surface area contributed by atoms with E-state index in [1.807, 2.05) is 13.8 Å². The Morgan fingerprint density at radius 2 is 1.69 bits per heavy atom. The van der Waals surface area contributed by atoms with Gasteiger partial charge in [-0.3, -0.25) is 4.79 Å². The van der Waals surface area contributed by atoms with Crippen molar-refractivity contribution >= 4 is 17.4 Å². The summed E-state index contributed by atoms with van der Waals surface area (Å²) in [6.07, 6.45) is -2.48. The number of esters is 1. The van der Waals surface area contributed by atoms with E-state index in [9.17, 15) is 19.8 Å². The second-order valence-corrected chi connectivity index (χ2v) is 7.86. The number of fused-ring (bicyclic) bond motifs is 1. The molecule has 0 saturated carbocycles. The summed E-state index contributed by atoms with van der Waals surface area (Å²) in [5.74, 6) is -1.32. The van der Waals surface area contributed by atoms with E-state index in [1.54, 1.807) is 30.3 Å². The molecule has 2 saturated heterocycles. The second kappa shape index (κ2) is 9.28. The summed E-state index contributed by atoms with van der Waals surface area (Å²) < 4.78 is 16.6. The van der Waals surface area contributed by atoms with Gasteiger partial charge in [0.1, 0.15) is 24.1 Å². The molecular formula is C24H27NO7. The standard InChI is InChI=1S/C24H27NO7/c1-3-25(4-2)14-9-10-17(18(26)11-14)21(28)15-7-5-6-8-16(15)24(29)32-20-13-31-22-19(27)12-30-23(20)22/h5-11,19-20,22-23,26-27H,3-4,12-13H2,1-2H3. The zero-order valence-corrected chi connectivity index (χ0v) is 18.1. The van der Waals surface area contributed by atoms with Crippen LogP contribution in [0.2, 0.25) is 0 Å². The predicted molar refractivity (Wildman–Crippen MR) is 116 cm³/mol. The molecule has 0 amide bonds. The molecule has 4 atom stereocenters. The van der Waals surface area contributed by atoms with Crippen LogP contribution in [-0.2, 0) is 14.2 Å². The number of hydrogen-bond acceptors (Lipinski definition) is 8. The molecule has 2 aliphatic rings. The fourth-order valence-corrected chi connectivity index (χ4v) is 4.25. The summed E-state index contributed by atoms with van der Waals surface area (Å²) in [5.41, 5.74) is 1.14. The van der Waals surface area contributed by atoms with Gasteiger partial charge >= 0.3 is 5.97 Å². The van der Waals surface area contributed by atoms with Crippen molar-refractivity contribution in [2.45, 2.75) is 38.3 Å². The van der Waals surface area contributed by atoms with E-state index in [2.05, 4.69) is 4.90 Å². The molecule has 4 unspecified atom stereocenters. The fourth-order valence-electron chi connectivity index (χ4n) is 4.25. The lowest BCUT2D eigenvalue weighted by atomic mass is 9.97. The van der Waals surface area contributed by atoms with Crippen LogP contribution in [0.3, 0.4) is 0 Å². The smallest absolute Gasteiger partial charge is 0.339 e. The number of carbonyl (C=O) groups is 2. The third-order valence-electron chi connectivity index (χ3n) is 5.99. The second-order valence-electron chi connectivity index (χ2n) is 7.86. The average molecular weight is 441 g/mol. The first-order valence-corrected chi connectivity index (χ1v) is 10.8. The lowest BCUT2D eigenvalue weighted by Gasteiger charge is -2.21. The highest BCUT2D eigenvalue weighted by Crippen LogP contribution is 2.31. The Balaban J connectivity index is 1.56. The van der Waals surface area contributed by atoms with Crippen molar-refractivity contribution in [1.82, 2.24) is 0 Å². The van der Waals surface area contributed by atoms with Crippen molar-refractivity contribution in [3.05, 3.63) is 59.2 Å². The largest absolute Gasteiger partial charge is 0.507 e. The maximum atomic E-state index is 13.2. The van der Waals surface area contributed by atoms with Crippen molar-refractivity contribution in [3.8, 4) is 5.75 Å². The van der Waals surface area contributed by atoms with Gasteiger partial charge in [0, 0.05) is 30.4 Å². The number of benzene rings is 2. The maximum Gasteiger partial charge on any atom is 0.339 e. The molecule has 0 radical (unpaired) electrons. The zero-order chi connectivity index (χ0) is 22.8. The monoisotopic (exact) mass is 441 g/mol. The summed E-state index contributed by atoms with van der Waals surface area (Å²) in [7, 11) is 0. The maximum absolute atomic E-state index is 13.2. The number of carbonyl (C=O) groups excluding carboxylic acids is 2. The van der Waals surface area contributed by atoms with Crippen LogP contribution < -0.4 is 4.90 Å². The molecule has 2 aliphatic heterocycles. The SMILES string of the molecule is CCN(CC)c1ccc(C(=O)c2ccccc2C(=O)OC2COC3C(O)COC23)c(O)c1. The topological polar surface area (TPSA) is 106 Å². The van der Waals surface area contributed by atoms with Crippen LogP contribution in [-0.4, -0.2) is 72.7 Å². The first kappa shape index (κ1) is 22.3. The van der Waals surface area contributed by atoms with Crippen LogP contribution >= 0.6 is 0 Å². The Kier molecular flexibility index (Phi) is 6.45. The van der Waals surface area contributed by atoms with E-state index in [0.29, 0.717) is 0 Å². The molecule has 0 spiro atoms. The van der Waals surface area contributed by atoms with Crippen LogP contribution in [0.1, 0.15) is 40.1 Å². The number of ketones is 1. The number of ether oxygens (including phenoxy) is 3.